The van der Waals surface area contributed by atoms with Gasteiger partial charge < -0.3 is 10.6 Å². The first-order valence-electron chi connectivity index (χ1n) is 6.15. The quantitative estimate of drug-likeness (QED) is 0.850. The molecule has 0 aliphatic rings. The summed E-state index contributed by atoms with van der Waals surface area (Å²) in [6.45, 7) is 4.06. The fraction of sp³-hybridized carbons (Fsp3) is 0.500. The van der Waals surface area contributed by atoms with Crippen molar-refractivity contribution >= 4 is 5.91 Å². The van der Waals surface area contributed by atoms with E-state index >= 15 is 0 Å². The van der Waals surface area contributed by atoms with Crippen LogP contribution in [0.15, 0.2) is 30.3 Å². The van der Waals surface area contributed by atoms with Crippen LogP contribution in [0, 0.1) is 0 Å². The molecule has 0 saturated carbocycles. The van der Waals surface area contributed by atoms with Gasteiger partial charge in [0.2, 0.25) is 5.91 Å². The van der Waals surface area contributed by atoms with E-state index in [1.165, 1.54) is 0 Å². The Balaban J connectivity index is 2.70. The molecule has 1 amide bonds. The first-order chi connectivity index (χ1) is 8.07. The van der Waals surface area contributed by atoms with Crippen LogP contribution in [0.1, 0.15) is 38.3 Å². The summed E-state index contributed by atoms with van der Waals surface area (Å²) in [6, 6.07) is 9.68. The number of hydrogen-bond acceptors (Lipinski definition) is 2. The highest BCUT2D eigenvalue weighted by Crippen LogP contribution is 2.19. The summed E-state index contributed by atoms with van der Waals surface area (Å²) in [5, 5.41) is 0. The molecule has 0 fully saturated rings. The molecule has 2 N–H and O–H groups in total. The Morgan fingerprint density at radius 1 is 1.35 bits per heavy atom. The van der Waals surface area contributed by atoms with Crippen LogP contribution in [0.5, 0.6) is 0 Å². The number of likely N-dealkylation sites (N-methyl/N-ethyl adjacent to an activating group) is 1. The van der Waals surface area contributed by atoms with E-state index < -0.39 is 0 Å². The fourth-order valence-electron chi connectivity index (χ4n) is 1.84. The minimum atomic E-state index is -0.379. The van der Waals surface area contributed by atoms with Crippen molar-refractivity contribution in [2.45, 2.75) is 38.8 Å². The third kappa shape index (κ3) is 3.56. The van der Waals surface area contributed by atoms with Gasteiger partial charge in [-0.1, -0.05) is 43.7 Å². The highest BCUT2D eigenvalue weighted by molar-refractivity contribution is 5.81. The molecule has 1 aromatic rings. The van der Waals surface area contributed by atoms with Gasteiger partial charge in [0.1, 0.15) is 0 Å². The van der Waals surface area contributed by atoms with Gasteiger partial charge in [0.15, 0.2) is 0 Å². The number of carbonyl (C=O) groups excluding carboxylic acids is 1. The molecule has 0 aliphatic carbocycles. The topological polar surface area (TPSA) is 46.3 Å². The SMILES string of the molecule is CCC[C@H](N)C(=O)N(C)C(C)c1ccccc1. The third-order valence-electron chi connectivity index (χ3n) is 3.13. The maximum absolute atomic E-state index is 12.0. The molecular weight excluding hydrogens is 212 g/mol. The van der Waals surface area contributed by atoms with Crippen molar-refractivity contribution in [3.8, 4) is 0 Å². The summed E-state index contributed by atoms with van der Waals surface area (Å²) in [6.07, 6.45) is 1.67. The van der Waals surface area contributed by atoms with E-state index in [0.717, 1.165) is 18.4 Å². The van der Waals surface area contributed by atoms with E-state index in [1.54, 1.807) is 4.90 Å². The Morgan fingerprint density at radius 2 is 1.94 bits per heavy atom. The second-order valence-corrected chi connectivity index (χ2v) is 4.43. The Morgan fingerprint density at radius 3 is 2.47 bits per heavy atom. The number of carbonyl (C=O) groups is 1. The van der Waals surface area contributed by atoms with Crippen molar-refractivity contribution in [2.24, 2.45) is 5.73 Å². The maximum Gasteiger partial charge on any atom is 0.239 e. The van der Waals surface area contributed by atoms with Gasteiger partial charge in [-0.15, -0.1) is 0 Å². The van der Waals surface area contributed by atoms with Crippen molar-refractivity contribution in [2.75, 3.05) is 7.05 Å². The Bertz CT molecular complexity index is 350. The summed E-state index contributed by atoms with van der Waals surface area (Å²) in [7, 11) is 1.82. The highest BCUT2D eigenvalue weighted by Gasteiger charge is 2.21. The average molecular weight is 234 g/mol. The molecule has 0 heterocycles. The van der Waals surface area contributed by atoms with E-state index in [1.807, 2.05) is 51.2 Å². The Kier molecular flexibility index (Phi) is 5.16. The lowest BCUT2D eigenvalue weighted by Gasteiger charge is -2.27. The zero-order valence-corrected chi connectivity index (χ0v) is 10.9. The normalized spacial score (nSPS) is 14.1. The standard InChI is InChI=1S/C14H22N2O/c1-4-8-13(15)14(17)16(3)11(2)12-9-6-5-7-10-12/h5-7,9-11,13H,4,8,15H2,1-3H3/t11?,13-/m0/s1. The van der Waals surface area contributed by atoms with E-state index in [-0.39, 0.29) is 18.0 Å². The van der Waals surface area contributed by atoms with Crippen molar-refractivity contribution in [3.05, 3.63) is 35.9 Å². The van der Waals surface area contributed by atoms with Crippen LogP contribution >= 0.6 is 0 Å². The van der Waals surface area contributed by atoms with Crippen LogP contribution in [-0.2, 0) is 4.79 Å². The Labute approximate surface area is 104 Å². The van der Waals surface area contributed by atoms with Gasteiger partial charge in [-0.25, -0.2) is 0 Å². The molecule has 0 radical (unpaired) electrons. The number of amides is 1. The minimum Gasteiger partial charge on any atom is -0.338 e. The van der Waals surface area contributed by atoms with Gasteiger partial charge >= 0.3 is 0 Å². The Hall–Kier alpha value is -1.35. The van der Waals surface area contributed by atoms with E-state index in [2.05, 4.69) is 0 Å². The van der Waals surface area contributed by atoms with Gasteiger partial charge in [0.25, 0.3) is 0 Å². The van der Waals surface area contributed by atoms with Crippen molar-refractivity contribution in [1.29, 1.82) is 0 Å². The predicted molar refractivity (Wildman–Crippen MR) is 70.5 cm³/mol. The average Bonchev–Trinajstić information content (AvgIpc) is 2.37. The number of hydrogen-bond donors (Lipinski definition) is 1. The second kappa shape index (κ2) is 6.40. The fourth-order valence-corrected chi connectivity index (χ4v) is 1.84. The molecule has 94 valence electrons. The smallest absolute Gasteiger partial charge is 0.239 e. The molecule has 0 saturated heterocycles. The van der Waals surface area contributed by atoms with Gasteiger partial charge in [-0.05, 0) is 18.9 Å². The van der Waals surface area contributed by atoms with Crippen LogP contribution in [-0.4, -0.2) is 23.9 Å². The monoisotopic (exact) mass is 234 g/mol. The van der Waals surface area contributed by atoms with Crippen LogP contribution < -0.4 is 5.73 Å². The van der Waals surface area contributed by atoms with Crippen LogP contribution in [0.25, 0.3) is 0 Å². The zero-order chi connectivity index (χ0) is 12.8. The number of nitrogens with zero attached hydrogens (tertiary/aromatic N) is 1. The highest BCUT2D eigenvalue weighted by atomic mass is 16.2. The van der Waals surface area contributed by atoms with Crippen LogP contribution in [0.4, 0.5) is 0 Å². The molecule has 1 rings (SSSR count). The lowest BCUT2D eigenvalue weighted by molar-refractivity contribution is -0.133. The number of nitrogens with two attached hydrogens (primary N) is 1. The molecule has 0 aliphatic heterocycles. The molecule has 3 heteroatoms. The second-order valence-electron chi connectivity index (χ2n) is 4.43. The maximum atomic E-state index is 12.0. The van der Waals surface area contributed by atoms with Gasteiger partial charge in [0.05, 0.1) is 12.1 Å². The molecule has 1 aromatic carbocycles. The van der Waals surface area contributed by atoms with Crippen molar-refractivity contribution in [3.63, 3.8) is 0 Å². The first kappa shape index (κ1) is 13.7. The van der Waals surface area contributed by atoms with Gasteiger partial charge in [-0.2, -0.15) is 0 Å². The van der Waals surface area contributed by atoms with Crippen molar-refractivity contribution in [1.82, 2.24) is 4.90 Å². The summed E-state index contributed by atoms with van der Waals surface area (Å²) < 4.78 is 0. The first-order valence-corrected chi connectivity index (χ1v) is 6.15. The molecule has 2 atom stereocenters. The molecule has 0 aromatic heterocycles. The van der Waals surface area contributed by atoms with Crippen molar-refractivity contribution < 1.29 is 4.79 Å². The van der Waals surface area contributed by atoms with E-state index in [4.69, 9.17) is 5.73 Å². The minimum absolute atomic E-state index is 0.0169. The lowest BCUT2D eigenvalue weighted by atomic mass is 10.1. The number of rotatable bonds is 5. The molecule has 17 heavy (non-hydrogen) atoms. The summed E-state index contributed by atoms with van der Waals surface area (Å²) in [5.74, 6) is 0.0169. The summed E-state index contributed by atoms with van der Waals surface area (Å²) >= 11 is 0. The molecule has 0 spiro atoms. The molecule has 3 nitrogen and oxygen atoms in total. The molecular formula is C14H22N2O. The largest absolute Gasteiger partial charge is 0.338 e. The lowest BCUT2D eigenvalue weighted by Crippen LogP contribution is -2.42. The van der Waals surface area contributed by atoms with Gasteiger partial charge in [0, 0.05) is 7.05 Å². The zero-order valence-electron chi connectivity index (χ0n) is 10.9. The summed E-state index contributed by atoms with van der Waals surface area (Å²) in [4.78, 5) is 13.8. The van der Waals surface area contributed by atoms with Crippen LogP contribution in [0.2, 0.25) is 0 Å². The molecule has 0 bridgehead atoms. The van der Waals surface area contributed by atoms with E-state index in [9.17, 15) is 4.79 Å². The van der Waals surface area contributed by atoms with Gasteiger partial charge in [-0.3, -0.25) is 4.79 Å². The summed E-state index contributed by atoms with van der Waals surface area (Å²) in [5.41, 5.74) is 6.98. The third-order valence-corrected chi connectivity index (χ3v) is 3.13. The van der Waals surface area contributed by atoms with E-state index in [0.29, 0.717) is 0 Å². The molecule has 1 unspecified atom stereocenters. The van der Waals surface area contributed by atoms with Crippen LogP contribution in [0.3, 0.4) is 0 Å². The predicted octanol–water partition coefficient (Wildman–Crippen LogP) is 2.33. The number of benzene rings is 1.